The smallest absolute Gasteiger partial charge is 0.134 e. The lowest BCUT2D eigenvalue weighted by Gasteiger charge is -2.32. The number of fused-ring (bicyclic) bond motifs is 1. The molecule has 1 unspecified atom stereocenters. The molecule has 0 amide bonds. The number of ether oxygens (including phenoxy) is 1. The summed E-state index contributed by atoms with van der Waals surface area (Å²) in [5.41, 5.74) is 0.943. The highest BCUT2D eigenvalue weighted by molar-refractivity contribution is 5.79. The van der Waals surface area contributed by atoms with Gasteiger partial charge in [-0.15, -0.1) is 0 Å². The number of methoxy groups -OCH3 is 1. The molecule has 5 nitrogen and oxygen atoms in total. The van der Waals surface area contributed by atoms with Crippen LogP contribution in [0, 0.1) is 0 Å². The summed E-state index contributed by atoms with van der Waals surface area (Å²) in [4.78, 5) is 5.15. The summed E-state index contributed by atoms with van der Waals surface area (Å²) in [5, 5.41) is 4.56. The van der Waals surface area contributed by atoms with Crippen LogP contribution in [0.3, 0.4) is 0 Å². The van der Waals surface area contributed by atoms with Gasteiger partial charge in [-0.2, -0.15) is 0 Å². The van der Waals surface area contributed by atoms with Crippen molar-refractivity contribution in [3.63, 3.8) is 0 Å². The zero-order valence-electron chi connectivity index (χ0n) is 13.8. The van der Waals surface area contributed by atoms with E-state index >= 15 is 0 Å². The third kappa shape index (κ3) is 3.22. The maximum atomic E-state index is 5.99. The molecule has 1 aromatic heterocycles. The highest BCUT2D eigenvalue weighted by Crippen LogP contribution is 2.26. The fraction of sp³-hybridized carbons (Fsp3) is 0.556. The van der Waals surface area contributed by atoms with E-state index in [1.165, 1.54) is 19.5 Å². The van der Waals surface area contributed by atoms with Crippen LogP contribution in [0.1, 0.15) is 12.2 Å². The Morgan fingerprint density at radius 3 is 2.91 bits per heavy atom. The average Bonchev–Trinajstić information content (AvgIpc) is 3.21. The zero-order valence-corrected chi connectivity index (χ0v) is 13.8. The summed E-state index contributed by atoms with van der Waals surface area (Å²) in [6.45, 7) is 7.84. The number of furan rings is 1. The van der Waals surface area contributed by atoms with Crippen LogP contribution in [-0.2, 0) is 6.54 Å². The normalized spacial score (nSPS) is 23.6. The standard InChI is InChI=1S/C18H25N3O2/c1-22-16-2-3-18-14(10-16)11-17(23-18)13-20-7-4-15(12-20)21-8-5-19-6-9-21/h2-3,10-11,15,19H,4-9,12-13H2,1H3. The topological polar surface area (TPSA) is 40.9 Å². The Kier molecular flexibility index (Phi) is 4.25. The van der Waals surface area contributed by atoms with Gasteiger partial charge in [0.05, 0.1) is 13.7 Å². The molecule has 2 aliphatic rings. The molecule has 4 rings (SSSR count). The van der Waals surface area contributed by atoms with Gasteiger partial charge in [0.1, 0.15) is 17.1 Å². The van der Waals surface area contributed by atoms with Gasteiger partial charge >= 0.3 is 0 Å². The van der Waals surface area contributed by atoms with Crippen molar-refractivity contribution in [2.75, 3.05) is 46.4 Å². The first-order valence-corrected chi connectivity index (χ1v) is 8.55. The third-order valence-corrected chi connectivity index (χ3v) is 5.07. The van der Waals surface area contributed by atoms with E-state index in [4.69, 9.17) is 9.15 Å². The predicted octanol–water partition coefficient (Wildman–Crippen LogP) is 1.92. The predicted molar refractivity (Wildman–Crippen MR) is 90.9 cm³/mol. The van der Waals surface area contributed by atoms with Crippen LogP contribution in [0.2, 0.25) is 0 Å². The van der Waals surface area contributed by atoms with E-state index in [0.29, 0.717) is 6.04 Å². The van der Waals surface area contributed by atoms with Gasteiger partial charge in [-0.1, -0.05) is 0 Å². The molecule has 2 aromatic rings. The second kappa shape index (κ2) is 6.51. The first-order valence-electron chi connectivity index (χ1n) is 8.55. The minimum absolute atomic E-state index is 0.710. The molecule has 23 heavy (non-hydrogen) atoms. The van der Waals surface area contributed by atoms with E-state index in [1.807, 2.05) is 18.2 Å². The quantitative estimate of drug-likeness (QED) is 0.933. The Morgan fingerprint density at radius 2 is 2.09 bits per heavy atom. The second-order valence-corrected chi connectivity index (χ2v) is 6.58. The molecular formula is C18H25N3O2. The van der Waals surface area contributed by atoms with Gasteiger partial charge in [-0.25, -0.2) is 0 Å². The van der Waals surface area contributed by atoms with E-state index in [-0.39, 0.29) is 0 Å². The number of piperazine rings is 1. The molecule has 0 bridgehead atoms. The monoisotopic (exact) mass is 315 g/mol. The van der Waals surface area contributed by atoms with Crippen molar-refractivity contribution in [2.24, 2.45) is 0 Å². The molecule has 0 aliphatic carbocycles. The Balaban J connectivity index is 1.40. The van der Waals surface area contributed by atoms with Gasteiger partial charge in [0.15, 0.2) is 0 Å². The third-order valence-electron chi connectivity index (χ3n) is 5.07. The summed E-state index contributed by atoms with van der Waals surface area (Å²) in [6, 6.07) is 8.84. The van der Waals surface area contributed by atoms with Crippen molar-refractivity contribution in [1.29, 1.82) is 0 Å². The van der Waals surface area contributed by atoms with Crippen molar-refractivity contribution in [2.45, 2.75) is 19.0 Å². The first kappa shape index (κ1) is 15.0. The Bertz CT molecular complexity index is 663. The van der Waals surface area contributed by atoms with Crippen LogP contribution in [-0.4, -0.2) is 62.2 Å². The molecule has 5 heteroatoms. The van der Waals surface area contributed by atoms with Gasteiger partial charge in [-0.3, -0.25) is 9.80 Å². The SMILES string of the molecule is COc1ccc2oc(CN3CCC(N4CCNCC4)C3)cc2c1. The van der Waals surface area contributed by atoms with Gasteiger partial charge in [0.2, 0.25) is 0 Å². The molecule has 2 fully saturated rings. The minimum atomic E-state index is 0.710. The number of hydrogen-bond acceptors (Lipinski definition) is 5. The van der Waals surface area contributed by atoms with Gasteiger partial charge in [0.25, 0.3) is 0 Å². The largest absolute Gasteiger partial charge is 0.497 e. The molecule has 124 valence electrons. The summed E-state index contributed by atoms with van der Waals surface area (Å²) in [7, 11) is 1.70. The fourth-order valence-electron chi connectivity index (χ4n) is 3.80. The number of benzene rings is 1. The van der Waals surface area contributed by atoms with Crippen LogP contribution >= 0.6 is 0 Å². The maximum absolute atomic E-state index is 5.99. The van der Waals surface area contributed by atoms with Crippen molar-refractivity contribution < 1.29 is 9.15 Å². The molecule has 1 atom stereocenters. The average molecular weight is 315 g/mol. The number of hydrogen-bond donors (Lipinski definition) is 1. The van der Waals surface area contributed by atoms with Crippen LogP contribution in [0.25, 0.3) is 11.0 Å². The summed E-state index contributed by atoms with van der Waals surface area (Å²) in [5.74, 6) is 1.93. The molecule has 2 saturated heterocycles. The lowest BCUT2D eigenvalue weighted by molar-refractivity contribution is 0.169. The number of rotatable bonds is 4. The molecule has 3 heterocycles. The van der Waals surface area contributed by atoms with Crippen molar-refractivity contribution >= 4 is 11.0 Å². The molecule has 2 aliphatic heterocycles. The van der Waals surface area contributed by atoms with E-state index in [0.717, 1.165) is 55.2 Å². The Morgan fingerprint density at radius 1 is 1.22 bits per heavy atom. The summed E-state index contributed by atoms with van der Waals surface area (Å²) in [6.07, 6.45) is 1.27. The van der Waals surface area contributed by atoms with Crippen molar-refractivity contribution in [3.05, 3.63) is 30.0 Å². The molecule has 0 saturated carbocycles. The summed E-state index contributed by atoms with van der Waals surface area (Å²) >= 11 is 0. The van der Waals surface area contributed by atoms with Crippen LogP contribution < -0.4 is 10.1 Å². The fourth-order valence-corrected chi connectivity index (χ4v) is 3.80. The molecular weight excluding hydrogens is 290 g/mol. The summed E-state index contributed by atoms with van der Waals surface area (Å²) < 4.78 is 11.3. The maximum Gasteiger partial charge on any atom is 0.134 e. The Labute approximate surface area is 137 Å². The van der Waals surface area contributed by atoms with E-state index in [2.05, 4.69) is 21.2 Å². The van der Waals surface area contributed by atoms with Gasteiger partial charge < -0.3 is 14.5 Å². The molecule has 0 radical (unpaired) electrons. The van der Waals surface area contributed by atoms with Crippen LogP contribution in [0.5, 0.6) is 5.75 Å². The lowest BCUT2D eigenvalue weighted by atomic mass is 10.2. The number of nitrogens with zero attached hydrogens (tertiary/aromatic N) is 2. The van der Waals surface area contributed by atoms with Crippen molar-refractivity contribution in [1.82, 2.24) is 15.1 Å². The van der Waals surface area contributed by atoms with E-state index in [9.17, 15) is 0 Å². The second-order valence-electron chi connectivity index (χ2n) is 6.58. The van der Waals surface area contributed by atoms with Crippen LogP contribution in [0.4, 0.5) is 0 Å². The highest BCUT2D eigenvalue weighted by Gasteiger charge is 2.28. The molecule has 0 spiro atoms. The molecule has 1 aromatic carbocycles. The van der Waals surface area contributed by atoms with Gasteiger partial charge in [0, 0.05) is 50.7 Å². The molecule has 1 N–H and O–H groups in total. The zero-order chi connectivity index (χ0) is 15.6. The minimum Gasteiger partial charge on any atom is -0.497 e. The van der Waals surface area contributed by atoms with Gasteiger partial charge in [-0.05, 0) is 30.7 Å². The number of nitrogens with one attached hydrogen (secondary N) is 1. The van der Waals surface area contributed by atoms with Crippen LogP contribution in [0.15, 0.2) is 28.7 Å². The first-order chi connectivity index (χ1) is 11.3. The van der Waals surface area contributed by atoms with E-state index < -0.39 is 0 Å². The van der Waals surface area contributed by atoms with E-state index in [1.54, 1.807) is 7.11 Å². The Hall–Kier alpha value is -1.56. The highest BCUT2D eigenvalue weighted by atomic mass is 16.5. The lowest BCUT2D eigenvalue weighted by Crippen LogP contribution is -2.49. The van der Waals surface area contributed by atoms with Crippen molar-refractivity contribution in [3.8, 4) is 5.75 Å². The number of likely N-dealkylation sites (tertiary alicyclic amines) is 1.